The van der Waals surface area contributed by atoms with Crippen LogP contribution >= 0.6 is 0 Å². The molecule has 18 heavy (non-hydrogen) atoms. The molecule has 1 aliphatic rings. The molecule has 3 heteroatoms. The molecule has 0 aromatic heterocycles. The molecule has 0 saturated carbocycles. The van der Waals surface area contributed by atoms with Gasteiger partial charge in [-0.2, -0.15) is 0 Å². The molecule has 3 nitrogen and oxygen atoms in total. The maximum Gasteiger partial charge on any atom is 0.224 e. The highest BCUT2D eigenvalue weighted by atomic mass is 16.1. The highest BCUT2D eigenvalue weighted by molar-refractivity contribution is 5.78. The van der Waals surface area contributed by atoms with Gasteiger partial charge in [0.05, 0.1) is 6.42 Å². The average Bonchev–Trinajstić information content (AvgIpc) is 2.85. The van der Waals surface area contributed by atoms with Crippen molar-refractivity contribution in [1.29, 1.82) is 0 Å². The SMILES string of the molecule is CCN1CCC[C@@H]1CNC(=O)Cc1ccccc1. The molecule has 0 spiro atoms. The molecule has 0 unspecified atom stereocenters. The third kappa shape index (κ3) is 3.57. The van der Waals surface area contributed by atoms with Gasteiger partial charge in [-0.25, -0.2) is 0 Å². The van der Waals surface area contributed by atoms with E-state index in [2.05, 4.69) is 17.1 Å². The molecule has 0 aliphatic carbocycles. The number of hydrogen-bond acceptors (Lipinski definition) is 2. The summed E-state index contributed by atoms with van der Waals surface area (Å²) in [6, 6.07) is 10.4. The Labute approximate surface area is 109 Å². The molecule has 1 atom stereocenters. The molecule has 1 saturated heterocycles. The number of likely N-dealkylation sites (N-methyl/N-ethyl adjacent to an activating group) is 1. The zero-order valence-corrected chi connectivity index (χ0v) is 11.1. The van der Waals surface area contributed by atoms with Gasteiger partial charge in [0.25, 0.3) is 0 Å². The zero-order valence-electron chi connectivity index (χ0n) is 11.1. The summed E-state index contributed by atoms with van der Waals surface area (Å²) in [5.41, 5.74) is 1.08. The summed E-state index contributed by atoms with van der Waals surface area (Å²) < 4.78 is 0. The molecular weight excluding hydrogens is 224 g/mol. The Balaban J connectivity index is 1.75. The molecule has 0 bridgehead atoms. The van der Waals surface area contributed by atoms with Crippen LogP contribution in [0.2, 0.25) is 0 Å². The average molecular weight is 246 g/mol. The Bertz CT molecular complexity index is 377. The molecular formula is C15H22N2O. The van der Waals surface area contributed by atoms with Crippen LogP contribution in [0.4, 0.5) is 0 Å². The van der Waals surface area contributed by atoms with Gasteiger partial charge >= 0.3 is 0 Å². The third-order valence-electron chi connectivity index (χ3n) is 3.65. The first-order valence-electron chi connectivity index (χ1n) is 6.84. The minimum atomic E-state index is 0.129. The lowest BCUT2D eigenvalue weighted by Gasteiger charge is -2.22. The molecule has 1 N–H and O–H groups in total. The number of carbonyl (C=O) groups is 1. The second-order valence-corrected chi connectivity index (χ2v) is 4.89. The largest absolute Gasteiger partial charge is 0.354 e. The summed E-state index contributed by atoms with van der Waals surface area (Å²) >= 11 is 0. The van der Waals surface area contributed by atoms with Crippen LogP contribution in [-0.2, 0) is 11.2 Å². The first-order chi connectivity index (χ1) is 8.79. The van der Waals surface area contributed by atoms with E-state index in [0.717, 1.165) is 18.7 Å². The van der Waals surface area contributed by atoms with E-state index in [0.29, 0.717) is 12.5 Å². The normalized spacial score (nSPS) is 19.9. The second kappa shape index (κ2) is 6.55. The number of rotatable bonds is 5. The lowest BCUT2D eigenvalue weighted by atomic mass is 10.1. The first kappa shape index (κ1) is 13.1. The van der Waals surface area contributed by atoms with E-state index in [9.17, 15) is 4.79 Å². The fourth-order valence-electron chi connectivity index (χ4n) is 2.62. The maximum absolute atomic E-state index is 11.8. The van der Waals surface area contributed by atoms with E-state index < -0.39 is 0 Å². The standard InChI is InChI=1S/C15H22N2O/c1-2-17-10-6-9-14(17)12-16-15(18)11-13-7-4-3-5-8-13/h3-5,7-8,14H,2,6,9-12H2,1H3,(H,16,18)/t14-/m1/s1. The Kier molecular flexibility index (Phi) is 4.76. The molecule has 1 amide bonds. The molecule has 0 radical (unpaired) electrons. The summed E-state index contributed by atoms with van der Waals surface area (Å²) in [5, 5.41) is 3.06. The van der Waals surface area contributed by atoms with Gasteiger partial charge in [0.1, 0.15) is 0 Å². The molecule has 1 aromatic rings. The van der Waals surface area contributed by atoms with E-state index in [1.807, 2.05) is 30.3 Å². The van der Waals surface area contributed by atoms with E-state index in [1.54, 1.807) is 0 Å². The van der Waals surface area contributed by atoms with E-state index >= 15 is 0 Å². The maximum atomic E-state index is 11.8. The van der Waals surface area contributed by atoms with Crippen LogP contribution in [-0.4, -0.2) is 36.5 Å². The summed E-state index contributed by atoms with van der Waals surface area (Å²) in [6.45, 7) is 5.23. The number of nitrogens with one attached hydrogen (secondary N) is 1. The number of hydrogen-bond donors (Lipinski definition) is 1. The fourth-order valence-corrected chi connectivity index (χ4v) is 2.62. The number of amides is 1. The fraction of sp³-hybridized carbons (Fsp3) is 0.533. The smallest absolute Gasteiger partial charge is 0.224 e. The van der Waals surface area contributed by atoms with Crippen molar-refractivity contribution in [2.45, 2.75) is 32.2 Å². The predicted octanol–water partition coefficient (Wildman–Crippen LogP) is 1.83. The van der Waals surface area contributed by atoms with Crippen LogP contribution in [0.3, 0.4) is 0 Å². The van der Waals surface area contributed by atoms with Crippen LogP contribution in [0.5, 0.6) is 0 Å². The van der Waals surface area contributed by atoms with E-state index in [1.165, 1.54) is 19.4 Å². The minimum absolute atomic E-state index is 0.129. The zero-order chi connectivity index (χ0) is 12.8. The van der Waals surface area contributed by atoms with E-state index in [-0.39, 0.29) is 5.91 Å². The van der Waals surface area contributed by atoms with Crippen molar-refractivity contribution < 1.29 is 4.79 Å². The Hall–Kier alpha value is -1.35. The molecule has 1 aromatic carbocycles. The number of likely N-dealkylation sites (tertiary alicyclic amines) is 1. The number of benzene rings is 1. The summed E-state index contributed by atoms with van der Waals surface area (Å²) in [7, 11) is 0. The summed E-state index contributed by atoms with van der Waals surface area (Å²) in [4.78, 5) is 14.3. The van der Waals surface area contributed by atoms with Gasteiger partial charge in [-0.3, -0.25) is 9.69 Å². The molecule has 2 rings (SSSR count). The summed E-state index contributed by atoms with van der Waals surface area (Å²) in [5.74, 6) is 0.129. The Morgan fingerprint density at radius 3 is 2.89 bits per heavy atom. The Morgan fingerprint density at radius 1 is 1.39 bits per heavy atom. The summed E-state index contributed by atoms with van der Waals surface area (Å²) in [6.07, 6.45) is 2.95. The highest BCUT2D eigenvalue weighted by Crippen LogP contribution is 2.15. The second-order valence-electron chi connectivity index (χ2n) is 4.89. The van der Waals surface area contributed by atoms with Crippen LogP contribution in [0.1, 0.15) is 25.3 Å². The first-order valence-corrected chi connectivity index (χ1v) is 6.84. The number of nitrogens with zero attached hydrogens (tertiary/aromatic N) is 1. The van der Waals surface area contributed by atoms with Crippen molar-refractivity contribution >= 4 is 5.91 Å². The minimum Gasteiger partial charge on any atom is -0.354 e. The van der Waals surface area contributed by atoms with Crippen LogP contribution in [0.15, 0.2) is 30.3 Å². The predicted molar refractivity (Wildman–Crippen MR) is 73.4 cm³/mol. The molecule has 1 aliphatic heterocycles. The molecule has 1 fully saturated rings. The van der Waals surface area contributed by atoms with Crippen molar-refractivity contribution in [1.82, 2.24) is 10.2 Å². The lowest BCUT2D eigenvalue weighted by Crippen LogP contribution is -2.40. The van der Waals surface area contributed by atoms with Gasteiger partial charge in [-0.15, -0.1) is 0 Å². The van der Waals surface area contributed by atoms with Gasteiger partial charge in [-0.1, -0.05) is 37.3 Å². The number of carbonyl (C=O) groups excluding carboxylic acids is 1. The Morgan fingerprint density at radius 2 is 2.17 bits per heavy atom. The van der Waals surface area contributed by atoms with Gasteiger partial charge in [0.2, 0.25) is 5.91 Å². The monoisotopic (exact) mass is 246 g/mol. The van der Waals surface area contributed by atoms with Crippen molar-refractivity contribution in [2.24, 2.45) is 0 Å². The van der Waals surface area contributed by atoms with Gasteiger partial charge < -0.3 is 5.32 Å². The van der Waals surface area contributed by atoms with Crippen molar-refractivity contribution in [3.63, 3.8) is 0 Å². The lowest BCUT2D eigenvalue weighted by molar-refractivity contribution is -0.120. The van der Waals surface area contributed by atoms with Crippen LogP contribution < -0.4 is 5.32 Å². The van der Waals surface area contributed by atoms with Crippen LogP contribution in [0.25, 0.3) is 0 Å². The third-order valence-corrected chi connectivity index (χ3v) is 3.65. The van der Waals surface area contributed by atoms with Crippen molar-refractivity contribution in [2.75, 3.05) is 19.6 Å². The van der Waals surface area contributed by atoms with Crippen LogP contribution in [0, 0.1) is 0 Å². The van der Waals surface area contributed by atoms with Crippen molar-refractivity contribution in [3.8, 4) is 0 Å². The quantitative estimate of drug-likeness (QED) is 0.859. The molecule has 1 heterocycles. The van der Waals surface area contributed by atoms with Gasteiger partial charge in [-0.05, 0) is 31.5 Å². The topological polar surface area (TPSA) is 32.3 Å². The van der Waals surface area contributed by atoms with Crippen molar-refractivity contribution in [3.05, 3.63) is 35.9 Å². The van der Waals surface area contributed by atoms with Gasteiger partial charge in [0, 0.05) is 12.6 Å². The van der Waals surface area contributed by atoms with Gasteiger partial charge in [0.15, 0.2) is 0 Å². The molecule has 98 valence electrons. The van der Waals surface area contributed by atoms with E-state index in [4.69, 9.17) is 0 Å². The highest BCUT2D eigenvalue weighted by Gasteiger charge is 2.22.